The van der Waals surface area contributed by atoms with Gasteiger partial charge < -0.3 is 5.32 Å². The molecule has 0 aliphatic heterocycles. The Labute approximate surface area is 166 Å². The van der Waals surface area contributed by atoms with E-state index >= 15 is 0 Å². The van der Waals surface area contributed by atoms with E-state index < -0.39 is 10.0 Å². The lowest BCUT2D eigenvalue weighted by Crippen LogP contribution is -2.30. The number of thiophene rings is 1. The minimum absolute atomic E-state index is 0.206. The first kappa shape index (κ1) is 21.6. The molecule has 0 aliphatic rings. The molecule has 0 saturated heterocycles. The monoisotopic (exact) mass is 408 g/mol. The van der Waals surface area contributed by atoms with Crippen molar-refractivity contribution in [3.05, 3.63) is 44.6 Å². The molecule has 7 heteroatoms. The Morgan fingerprint density at radius 3 is 2.22 bits per heavy atom. The molecule has 0 atom stereocenters. The van der Waals surface area contributed by atoms with Gasteiger partial charge in [0.05, 0.1) is 9.77 Å². The van der Waals surface area contributed by atoms with Crippen LogP contribution in [0.1, 0.15) is 52.0 Å². The van der Waals surface area contributed by atoms with Crippen LogP contribution in [0.3, 0.4) is 0 Å². The normalized spacial score (nSPS) is 11.8. The van der Waals surface area contributed by atoms with Crippen molar-refractivity contribution in [3.8, 4) is 0 Å². The minimum Gasteiger partial charge on any atom is -0.321 e. The second-order valence-corrected chi connectivity index (χ2v) is 9.70. The molecule has 1 aromatic carbocycles. The lowest BCUT2D eigenvalue weighted by molar-refractivity contribution is 0.103. The molecule has 1 aromatic heterocycles. The zero-order valence-corrected chi connectivity index (χ0v) is 18.5. The number of carbonyl (C=O) groups is 1. The summed E-state index contributed by atoms with van der Waals surface area (Å²) in [7, 11) is -3.59. The van der Waals surface area contributed by atoms with Crippen molar-refractivity contribution in [1.29, 1.82) is 0 Å². The third-order valence-corrected chi connectivity index (χ3v) is 7.98. The topological polar surface area (TPSA) is 66.5 Å². The third-order valence-electron chi connectivity index (χ3n) is 4.86. The molecule has 0 fully saturated rings. The number of rotatable bonds is 7. The third kappa shape index (κ3) is 4.42. The number of sulfonamides is 1. The van der Waals surface area contributed by atoms with Gasteiger partial charge >= 0.3 is 0 Å². The highest BCUT2D eigenvalue weighted by Gasteiger charge is 2.24. The highest BCUT2D eigenvalue weighted by molar-refractivity contribution is 7.89. The largest absolute Gasteiger partial charge is 0.321 e. The molecule has 0 unspecified atom stereocenters. The van der Waals surface area contributed by atoms with E-state index in [4.69, 9.17) is 0 Å². The van der Waals surface area contributed by atoms with Gasteiger partial charge in [0.25, 0.3) is 5.91 Å². The summed E-state index contributed by atoms with van der Waals surface area (Å²) in [6.45, 7) is 12.2. The molecule has 5 nitrogen and oxygen atoms in total. The lowest BCUT2D eigenvalue weighted by atomic mass is 10.1. The van der Waals surface area contributed by atoms with Gasteiger partial charge in [-0.15, -0.1) is 11.3 Å². The molecule has 0 bridgehead atoms. The Morgan fingerprint density at radius 1 is 1.07 bits per heavy atom. The van der Waals surface area contributed by atoms with Gasteiger partial charge in [0.2, 0.25) is 10.0 Å². The summed E-state index contributed by atoms with van der Waals surface area (Å²) in [5, 5.41) is 2.91. The van der Waals surface area contributed by atoms with E-state index in [-0.39, 0.29) is 10.8 Å². The van der Waals surface area contributed by atoms with Crippen LogP contribution in [0.25, 0.3) is 0 Å². The minimum atomic E-state index is -3.59. The Morgan fingerprint density at radius 2 is 1.70 bits per heavy atom. The van der Waals surface area contributed by atoms with Crippen LogP contribution in [0.4, 0.5) is 5.69 Å². The highest BCUT2D eigenvalue weighted by Crippen LogP contribution is 2.28. The van der Waals surface area contributed by atoms with Crippen molar-refractivity contribution in [2.24, 2.45) is 0 Å². The molecule has 0 saturated carbocycles. The predicted octanol–water partition coefficient (Wildman–Crippen LogP) is 4.52. The van der Waals surface area contributed by atoms with E-state index in [1.807, 2.05) is 40.7 Å². The number of carbonyl (C=O) groups excluding carboxylic acids is 1. The summed E-state index contributed by atoms with van der Waals surface area (Å²) < 4.78 is 27.2. The number of amides is 1. The SMILES string of the molecule is CCc1cc(C(=O)Nc2cc(S(=O)(=O)N(CC)CC)cc(C)c2C)sc1C. The Balaban J connectivity index is 2.42. The molecule has 2 aromatic rings. The molecule has 2 rings (SSSR count). The molecule has 0 radical (unpaired) electrons. The van der Waals surface area contributed by atoms with E-state index in [1.54, 1.807) is 12.1 Å². The smallest absolute Gasteiger partial charge is 0.265 e. The van der Waals surface area contributed by atoms with Crippen molar-refractivity contribution in [2.45, 2.75) is 52.9 Å². The summed E-state index contributed by atoms with van der Waals surface area (Å²) in [5.74, 6) is -0.206. The first-order chi connectivity index (χ1) is 12.6. The van der Waals surface area contributed by atoms with E-state index in [0.29, 0.717) is 23.7 Å². The summed E-state index contributed by atoms with van der Waals surface area (Å²) in [6.07, 6.45) is 0.880. The zero-order valence-electron chi connectivity index (χ0n) is 16.8. The van der Waals surface area contributed by atoms with E-state index in [0.717, 1.165) is 28.0 Å². The fraction of sp³-hybridized carbons (Fsp3) is 0.450. The van der Waals surface area contributed by atoms with Crippen molar-refractivity contribution >= 4 is 33.0 Å². The van der Waals surface area contributed by atoms with Gasteiger partial charge in [-0.2, -0.15) is 4.31 Å². The maximum absolute atomic E-state index is 12.9. The second kappa shape index (κ2) is 8.54. The second-order valence-electron chi connectivity index (χ2n) is 6.50. The van der Waals surface area contributed by atoms with Gasteiger partial charge in [-0.25, -0.2) is 8.42 Å². The zero-order chi connectivity index (χ0) is 20.4. The first-order valence-corrected chi connectivity index (χ1v) is 11.4. The average Bonchev–Trinajstić information content (AvgIpc) is 3.00. The number of aryl methyl sites for hydroxylation is 3. The quantitative estimate of drug-likeness (QED) is 0.732. The number of benzene rings is 1. The van der Waals surface area contributed by atoms with Crippen molar-refractivity contribution < 1.29 is 13.2 Å². The van der Waals surface area contributed by atoms with Crippen molar-refractivity contribution in [3.63, 3.8) is 0 Å². The van der Waals surface area contributed by atoms with Crippen LogP contribution in [-0.2, 0) is 16.4 Å². The Bertz CT molecular complexity index is 942. The fourth-order valence-electron chi connectivity index (χ4n) is 2.98. The standard InChI is InChI=1S/C20H28N2O3S2/c1-7-16-11-19(26-15(16)6)20(23)21-18-12-17(10-13(4)14(18)5)27(24,25)22(8-2)9-3/h10-12H,7-9H2,1-6H3,(H,21,23). The van der Waals surface area contributed by atoms with E-state index in [2.05, 4.69) is 12.2 Å². The van der Waals surface area contributed by atoms with E-state index in [9.17, 15) is 13.2 Å². The average molecular weight is 409 g/mol. The fourth-order valence-corrected chi connectivity index (χ4v) is 5.56. The molecule has 0 spiro atoms. The predicted molar refractivity (Wildman–Crippen MR) is 112 cm³/mol. The van der Waals surface area contributed by atoms with Crippen molar-refractivity contribution in [1.82, 2.24) is 4.31 Å². The van der Waals surface area contributed by atoms with Gasteiger partial charge in [-0.1, -0.05) is 20.8 Å². The molecule has 27 heavy (non-hydrogen) atoms. The number of hydrogen-bond donors (Lipinski definition) is 1. The number of nitrogens with zero attached hydrogens (tertiary/aromatic N) is 1. The molecule has 148 valence electrons. The molecule has 1 amide bonds. The number of hydrogen-bond acceptors (Lipinski definition) is 4. The van der Waals surface area contributed by atoms with Crippen LogP contribution in [0.15, 0.2) is 23.1 Å². The maximum Gasteiger partial charge on any atom is 0.265 e. The van der Waals surface area contributed by atoms with Crippen molar-refractivity contribution in [2.75, 3.05) is 18.4 Å². The molecular weight excluding hydrogens is 380 g/mol. The molecule has 1 heterocycles. The van der Waals surface area contributed by atoms with Crippen LogP contribution in [0.5, 0.6) is 0 Å². The van der Waals surface area contributed by atoms with Crippen LogP contribution in [-0.4, -0.2) is 31.7 Å². The summed E-state index contributed by atoms with van der Waals surface area (Å²) in [6, 6.07) is 5.15. The molecule has 1 N–H and O–H groups in total. The van der Waals surface area contributed by atoms with Gasteiger partial charge in [0, 0.05) is 23.7 Å². The first-order valence-electron chi connectivity index (χ1n) is 9.17. The van der Waals surface area contributed by atoms with Crippen LogP contribution >= 0.6 is 11.3 Å². The summed E-state index contributed by atoms with van der Waals surface area (Å²) in [4.78, 5) is 14.7. The van der Waals surface area contributed by atoms with Gasteiger partial charge in [-0.3, -0.25) is 4.79 Å². The lowest BCUT2D eigenvalue weighted by Gasteiger charge is -2.20. The Kier molecular flexibility index (Phi) is 6.83. The summed E-state index contributed by atoms with van der Waals surface area (Å²) in [5.41, 5.74) is 3.40. The van der Waals surface area contributed by atoms with Gasteiger partial charge in [0.1, 0.15) is 0 Å². The van der Waals surface area contributed by atoms with Gasteiger partial charge in [-0.05, 0) is 62.1 Å². The number of anilines is 1. The maximum atomic E-state index is 12.9. The Hall–Kier alpha value is -1.70. The molecule has 0 aliphatic carbocycles. The highest BCUT2D eigenvalue weighted by atomic mass is 32.2. The van der Waals surface area contributed by atoms with Crippen LogP contribution in [0, 0.1) is 20.8 Å². The van der Waals surface area contributed by atoms with Crippen LogP contribution in [0.2, 0.25) is 0 Å². The van der Waals surface area contributed by atoms with Gasteiger partial charge in [0.15, 0.2) is 0 Å². The molecular formula is C20H28N2O3S2. The summed E-state index contributed by atoms with van der Waals surface area (Å²) >= 11 is 1.46. The van der Waals surface area contributed by atoms with Crippen LogP contribution < -0.4 is 5.32 Å². The van der Waals surface area contributed by atoms with E-state index in [1.165, 1.54) is 15.6 Å². The number of nitrogens with one attached hydrogen (secondary N) is 1.